The maximum atomic E-state index is 13.4. The Morgan fingerprint density at radius 3 is 2.64 bits per heavy atom. The molecular weight excluding hydrogens is 323 g/mol. The number of amides is 1. The zero-order chi connectivity index (χ0) is 18.2. The molecule has 25 heavy (non-hydrogen) atoms. The summed E-state index contributed by atoms with van der Waals surface area (Å²) in [4.78, 5) is 25.2. The molecule has 2 rings (SSSR count). The molecule has 0 saturated carbocycles. The Labute approximate surface area is 146 Å². The summed E-state index contributed by atoms with van der Waals surface area (Å²) < 4.78 is 18.8. The minimum atomic E-state index is -0.409. The fourth-order valence-electron chi connectivity index (χ4n) is 2.21. The summed E-state index contributed by atoms with van der Waals surface area (Å²) in [6, 6.07) is 13.0. The van der Waals surface area contributed by atoms with E-state index in [2.05, 4.69) is 5.32 Å². The van der Waals surface area contributed by atoms with Crippen LogP contribution in [0.25, 0.3) is 0 Å². The predicted molar refractivity (Wildman–Crippen MR) is 94.5 cm³/mol. The number of hydrogen-bond donors (Lipinski definition) is 1. The Kier molecular flexibility index (Phi) is 6.65. The van der Waals surface area contributed by atoms with Crippen LogP contribution in [-0.4, -0.2) is 43.3 Å². The van der Waals surface area contributed by atoms with E-state index in [0.29, 0.717) is 17.8 Å². The third-order valence-corrected chi connectivity index (χ3v) is 3.53. The number of Topliss-reactive ketones (excluding diaryl/α,β-unsaturated/α-hetero) is 1. The van der Waals surface area contributed by atoms with Crippen molar-refractivity contribution >= 4 is 17.4 Å². The minimum Gasteiger partial charge on any atom is -0.489 e. The predicted octanol–water partition coefficient (Wildman–Crippen LogP) is 2.98. The van der Waals surface area contributed by atoms with Gasteiger partial charge in [-0.05, 0) is 38.2 Å². The zero-order valence-corrected chi connectivity index (χ0v) is 14.3. The van der Waals surface area contributed by atoms with Gasteiger partial charge in [0.2, 0.25) is 5.91 Å². The highest BCUT2D eigenvalue weighted by molar-refractivity contribution is 5.97. The number of ether oxygens (including phenoxy) is 1. The fraction of sp³-hybridized carbons (Fsp3) is 0.263. The number of ketones is 1. The van der Waals surface area contributed by atoms with E-state index < -0.39 is 5.82 Å². The molecule has 0 spiro atoms. The van der Waals surface area contributed by atoms with Gasteiger partial charge in [-0.2, -0.15) is 0 Å². The van der Waals surface area contributed by atoms with E-state index in [0.717, 1.165) is 0 Å². The highest BCUT2D eigenvalue weighted by atomic mass is 19.1. The van der Waals surface area contributed by atoms with Crippen LogP contribution in [0.1, 0.15) is 17.3 Å². The fourth-order valence-corrected chi connectivity index (χ4v) is 2.21. The smallest absolute Gasteiger partial charge is 0.238 e. The highest BCUT2D eigenvalue weighted by Crippen LogP contribution is 2.15. The lowest BCUT2D eigenvalue weighted by molar-refractivity contribution is -0.117. The lowest BCUT2D eigenvalue weighted by Gasteiger charge is -2.17. The topological polar surface area (TPSA) is 58.6 Å². The van der Waals surface area contributed by atoms with Crippen molar-refractivity contribution in [2.45, 2.75) is 6.92 Å². The van der Waals surface area contributed by atoms with Crippen molar-refractivity contribution in [3.8, 4) is 5.75 Å². The number of benzene rings is 2. The third kappa shape index (κ3) is 6.00. The first-order chi connectivity index (χ1) is 12.0. The Morgan fingerprint density at radius 2 is 1.92 bits per heavy atom. The number of para-hydroxylation sites is 1. The monoisotopic (exact) mass is 344 g/mol. The molecule has 0 aromatic heterocycles. The van der Waals surface area contributed by atoms with Crippen LogP contribution in [0.3, 0.4) is 0 Å². The number of nitrogens with one attached hydrogen (secondary N) is 1. The van der Waals surface area contributed by atoms with Crippen LogP contribution < -0.4 is 10.1 Å². The van der Waals surface area contributed by atoms with Crippen molar-refractivity contribution < 1.29 is 18.7 Å². The molecule has 2 aromatic rings. The maximum Gasteiger partial charge on any atom is 0.238 e. The second-order valence-electron chi connectivity index (χ2n) is 5.70. The van der Waals surface area contributed by atoms with Crippen molar-refractivity contribution in [3.63, 3.8) is 0 Å². The Balaban J connectivity index is 1.77. The second-order valence-corrected chi connectivity index (χ2v) is 5.70. The normalized spacial score (nSPS) is 10.6. The van der Waals surface area contributed by atoms with Gasteiger partial charge in [0.25, 0.3) is 0 Å². The molecule has 0 aliphatic carbocycles. The molecule has 5 nitrogen and oxygen atoms in total. The van der Waals surface area contributed by atoms with E-state index in [4.69, 9.17) is 4.74 Å². The molecule has 0 radical (unpaired) electrons. The maximum absolute atomic E-state index is 13.4. The largest absolute Gasteiger partial charge is 0.489 e. The molecule has 1 N–H and O–H groups in total. The van der Waals surface area contributed by atoms with Gasteiger partial charge >= 0.3 is 0 Å². The molecule has 0 aliphatic rings. The van der Waals surface area contributed by atoms with Gasteiger partial charge < -0.3 is 10.1 Å². The first-order valence-corrected chi connectivity index (χ1v) is 7.92. The van der Waals surface area contributed by atoms with E-state index in [1.807, 2.05) is 0 Å². The molecule has 0 heterocycles. The lowest BCUT2D eigenvalue weighted by atomic mass is 10.1. The Hall–Kier alpha value is -2.73. The number of hydrogen-bond acceptors (Lipinski definition) is 4. The summed E-state index contributed by atoms with van der Waals surface area (Å²) in [7, 11) is 1.77. The Bertz CT molecular complexity index is 749. The van der Waals surface area contributed by atoms with Crippen LogP contribution in [0.4, 0.5) is 10.1 Å². The number of halogens is 1. The molecule has 0 bridgehead atoms. The highest BCUT2D eigenvalue weighted by Gasteiger charge is 2.09. The van der Waals surface area contributed by atoms with Gasteiger partial charge in [0.15, 0.2) is 17.3 Å². The van der Waals surface area contributed by atoms with E-state index >= 15 is 0 Å². The van der Waals surface area contributed by atoms with Crippen LogP contribution in [0.5, 0.6) is 5.75 Å². The molecule has 132 valence electrons. The average Bonchev–Trinajstić information content (AvgIpc) is 2.56. The van der Waals surface area contributed by atoms with E-state index in [1.165, 1.54) is 13.0 Å². The molecule has 0 fully saturated rings. The lowest BCUT2D eigenvalue weighted by Crippen LogP contribution is -2.33. The molecule has 0 unspecified atom stereocenters. The molecule has 1 amide bonds. The van der Waals surface area contributed by atoms with Gasteiger partial charge in [-0.3, -0.25) is 14.5 Å². The van der Waals surface area contributed by atoms with Gasteiger partial charge in [0, 0.05) is 17.8 Å². The van der Waals surface area contributed by atoms with Crippen molar-refractivity contribution in [2.24, 2.45) is 0 Å². The SMILES string of the molecule is CC(=O)c1cccc(NC(=O)CN(C)CCOc2ccccc2F)c1. The zero-order valence-electron chi connectivity index (χ0n) is 14.3. The third-order valence-electron chi connectivity index (χ3n) is 3.53. The summed E-state index contributed by atoms with van der Waals surface area (Å²) in [5, 5.41) is 2.75. The van der Waals surface area contributed by atoms with Crippen LogP contribution in [0.15, 0.2) is 48.5 Å². The number of nitrogens with zero attached hydrogens (tertiary/aromatic N) is 1. The van der Waals surface area contributed by atoms with Crippen LogP contribution in [0, 0.1) is 5.82 Å². The number of rotatable bonds is 8. The molecule has 0 aliphatic heterocycles. The number of carbonyl (C=O) groups is 2. The van der Waals surface area contributed by atoms with Crippen molar-refractivity contribution in [2.75, 3.05) is 32.1 Å². The summed E-state index contributed by atoms with van der Waals surface area (Å²) in [6.07, 6.45) is 0. The Morgan fingerprint density at radius 1 is 1.16 bits per heavy atom. The number of likely N-dealkylation sites (N-methyl/N-ethyl adjacent to an activating group) is 1. The van der Waals surface area contributed by atoms with Crippen molar-refractivity contribution in [1.29, 1.82) is 0 Å². The van der Waals surface area contributed by atoms with E-state index in [-0.39, 0.29) is 30.6 Å². The van der Waals surface area contributed by atoms with E-state index in [1.54, 1.807) is 54.4 Å². The minimum absolute atomic E-state index is 0.0569. The van der Waals surface area contributed by atoms with Crippen LogP contribution in [0.2, 0.25) is 0 Å². The van der Waals surface area contributed by atoms with Gasteiger partial charge in [0.05, 0.1) is 6.54 Å². The standard InChI is InChI=1S/C19H21FN2O3/c1-14(23)15-6-5-7-16(12-15)21-19(24)13-22(2)10-11-25-18-9-4-3-8-17(18)20/h3-9,12H,10-11,13H2,1-2H3,(H,21,24). The molecular formula is C19H21FN2O3. The number of carbonyl (C=O) groups excluding carboxylic acids is 2. The average molecular weight is 344 g/mol. The van der Waals surface area contributed by atoms with Gasteiger partial charge in [-0.15, -0.1) is 0 Å². The van der Waals surface area contributed by atoms with Crippen LogP contribution >= 0.6 is 0 Å². The summed E-state index contributed by atoms with van der Waals surface area (Å²) in [5.74, 6) is -0.470. The quantitative estimate of drug-likeness (QED) is 0.748. The van der Waals surface area contributed by atoms with E-state index in [9.17, 15) is 14.0 Å². The first kappa shape index (κ1) is 18.6. The molecule has 2 aromatic carbocycles. The molecule has 0 saturated heterocycles. The molecule has 0 atom stereocenters. The van der Waals surface area contributed by atoms with Gasteiger partial charge in [-0.25, -0.2) is 4.39 Å². The first-order valence-electron chi connectivity index (χ1n) is 7.92. The van der Waals surface area contributed by atoms with Crippen LogP contribution in [-0.2, 0) is 4.79 Å². The summed E-state index contributed by atoms with van der Waals surface area (Å²) >= 11 is 0. The summed E-state index contributed by atoms with van der Waals surface area (Å²) in [5.41, 5.74) is 1.12. The van der Waals surface area contributed by atoms with Crippen molar-refractivity contribution in [1.82, 2.24) is 4.90 Å². The van der Waals surface area contributed by atoms with Crippen molar-refractivity contribution in [3.05, 3.63) is 59.9 Å². The second kappa shape index (κ2) is 8.94. The number of anilines is 1. The summed E-state index contributed by atoms with van der Waals surface area (Å²) in [6.45, 7) is 2.37. The van der Waals surface area contributed by atoms with Gasteiger partial charge in [0.1, 0.15) is 6.61 Å². The molecule has 6 heteroatoms. The van der Waals surface area contributed by atoms with Gasteiger partial charge in [-0.1, -0.05) is 24.3 Å².